The number of nitrogens with one attached hydrogen (secondary N) is 1. The fraction of sp³-hybridized carbons (Fsp3) is 0.0196. The Bertz CT molecular complexity index is 2950. The fourth-order valence-electron chi connectivity index (χ4n) is 8.48. The Morgan fingerprint density at radius 1 is 0.500 bits per heavy atom. The number of hydrogen-bond donors (Lipinski definition) is 1. The van der Waals surface area contributed by atoms with E-state index in [1.807, 2.05) is 0 Å². The highest BCUT2D eigenvalue weighted by Crippen LogP contribution is 2.41. The molecule has 1 unspecified atom stereocenters. The quantitative estimate of drug-likeness (QED) is 0.195. The van der Waals surface area contributed by atoms with Crippen LogP contribution in [-0.2, 0) is 0 Å². The van der Waals surface area contributed by atoms with Gasteiger partial charge in [-0.15, -0.1) is 0 Å². The first-order valence-corrected chi connectivity index (χ1v) is 18.5. The second-order valence-electron chi connectivity index (χ2n) is 14.2. The summed E-state index contributed by atoms with van der Waals surface area (Å²) < 4.78 is 9.10. The Morgan fingerprint density at radius 3 is 1.81 bits per heavy atom. The van der Waals surface area contributed by atoms with Crippen molar-refractivity contribution < 1.29 is 4.42 Å². The van der Waals surface area contributed by atoms with E-state index in [-0.39, 0.29) is 6.04 Å². The van der Waals surface area contributed by atoms with Crippen molar-refractivity contribution in [3.8, 4) is 27.9 Å². The topological polar surface area (TPSA) is 30.1 Å². The molecule has 9 aromatic rings. The number of dihydropyridines is 1. The molecule has 0 bridgehead atoms. The van der Waals surface area contributed by atoms with Gasteiger partial charge in [-0.2, -0.15) is 0 Å². The molecule has 1 aliphatic carbocycles. The van der Waals surface area contributed by atoms with Gasteiger partial charge in [0.2, 0.25) is 0 Å². The monoisotopic (exact) mass is 690 g/mol. The van der Waals surface area contributed by atoms with E-state index < -0.39 is 0 Å². The molecule has 1 aliphatic heterocycles. The first-order chi connectivity index (χ1) is 26.8. The largest absolute Gasteiger partial charge is 0.456 e. The van der Waals surface area contributed by atoms with Gasteiger partial charge in [0.1, 0.15) is 11.2 Å². The molecule has 0 radical (unpaired) electrons. The summed E-state index contributed by atoms with van der Waals surface area (Å²) in [6.07, 6.45) is 11.0. The average Bonchev–Trinajstić information content (AvgIpc) is 3.79. The van der Waals surface area contributed by atoms with Crippen LogP contribution < -0.4 is 5.32 Å². The Kier molecular flexibility index (Phi) is 6.93. The van der Waals surface area contributed by atoms with Gasteiger partial charge in [0, 0.05) is 44.6 Å². The van der Waals surface area contributed by atoms with Crippen LogP contribution in [-0.4, -0.2) is 10.6 Å². The highest BCUT2D eigenvalue weighted by molar-refractivity contribution is 6.14. The predicted octanol–water partition coefficient (Wildman–Crippen LogP) is 12.9. The molecular weight excluding hydrogens is 657 g/mol. The van der Waals surface area contributed by atoms with Crippen LogP contribution in [0.3, 0.4) is 0 Å². The van der Waals surface area contributed by atoms with E-state index in [1.165, 1.54) is 49.7 Å². The third-order valence-corrected chi connectivity index (χ3v) is 11.0. The van der Waals surface area contributed by atoms with Crippen LogP contribution >= 0.6 is 0 Å². The Labute approximate surface area is 313 Å². The van der Waals surface area contributed by atoms with Gasteiger partial charge in [-0.3, -0.25) is 0 Å². The second-order valence-corrected chi connectivity index (χ2v) is 14.2. The van der Waals surface area contributed by atoms with Crippen molar-refractivity contribution in [1.82, 2.24) is 9.88 Å². The van der Waals surface area contributed by atoms with Gasteiger partial charge in [0.25, 0.3) is 0 Å². The van der Waals surface area contributed by atoms with Crippen LogP contribution in [0.15, 0.2) is 204 Å². The van der Waals surface area contributed by atoms with Crippen molar-refractivity contribution in [1.29, 1.82) is 0 Å². The van der Waals surface area contributed by atoms with Gasteiger partial charge in [-0.05, 0) is 87.5 Å². The summed E-state index contributed by atoms with van der Waals surface area (Å²) in [4.78, 5) is 0. The second kappa shape index (κ2) is 12.3. The van der Waals surface area contributed by atoms with Crippen molar-refractivity contribution in [3.05, 3.63) is 211 Å². The van der Waals surface area contributed by atoms with Crippen LogP contribution in [0.4, 0.5) is 0 Å². The summed E-state index contributed by atoms with van der Waals surface area (Å²) in [7, 11) is 0. The zero-order chi connectivity index (χ0) is 35.6. The molecule has 0 fully saturated rings. The lowest BCUT2D eigenvalue weighted by atomic mass is 9.87. The normalized spacial score (nSPS) is 15.3. The molecule has 0 saturated heterocycles. The smallest absolute Gasteiger partial charge is 0.137 e. The third kappa shape index (κ3) is 4.90. The van der Waals surface area contributed by atoms with E-state index >= 15 is 0 Å². The van der Waals surface area contributed by atoms with Crippen molar-refractivity contribution in [2.24, 2.45) is 0 Å². The van der Waals surface area contributed by atoms with Gasteiger partial charge in [-0.25, -0.2) is 0 Å². The highest BCUT2D eigenvalue weighted by Gasteiger charge is 2.25. The highest BCUT2D eigenvalue weighted by atomic mass is 16.3. The number of benzene rings is 7. The standard InChI is InChI=1S/C51H34N2O/c1-4-13-33(14-5-1)36-23-27-47-43(29-36)44-30-37(34-15-6-2-7-16-34)24-28-48(44)53(47)38-25-26-41-50(31-38)54-49-22-12-20-40(51(41)49)46-32-42(35-17-8-3-9-18-35)39-19-10-11-21-45(39)52-46/h1-32,45,52H. The summed E-state index contributed by atoms with van der Waals surface area (Å²) in [5, 5.41) is 8.50. The van der Waals surface area contributed by atoms with E-state index in [0.717, 1.165) is 49.9 Å². The van der Waals surface area contributed by atoms with E-state index in [0.29, 0.717) is 0 Å². The van der Waals surface area contributed by atoms with Crippen molar-refractivity contribution in [2.75, 3.05) is 0 Å². The lowest BCUT2D eigenvalue weighted by molar-refractivity contribution is 0.668. The zero-order valence-electron chi connectivity index (χ0n) is 29.4. The summed E-state index contributed by atoms with van der Waals surface area (Å²) in [5.41, 5.74) is 15.9. The molecule has 3 heterocycles. The Morgan fingerprint density at radius 2 is 1.15 bits per heavy atom. The van der Waals surface area contributed by atoms with Gasteiger partial charge >= 0.3 is 0 Å². The molecule has 11 rings (SSSR count). The van der Waals surface area contributed by atoms with Gasteiger partial charge in [-0.1, -0.05) is 140 Å². The molecule has 3 nitrogen and oxygen atoms in total. The van der Waals surface area contributed by atoms with Gasteiger partial charge in [0.15, 0.2) is 0 Å². The van der Waals surface area contributed by atoms with Gasteiger partial charge in [0.05, 0.1) is 17.1 Å². The molecule has 7 aromatic carbocycles. The van der Waals surface area contributed by atoms with Crippen LogP contribution in [0.1, 0.15) is 11.1 Å². The molecule has 0 spiro atoms. The molecule has 2 aromatic heterocycles. The lowest BCUT2D eigenvalue weighted by Gasteiger charge is -2.29. The minimum Gasteiger partial charge on any atom is -0.456 e. The van der Waals surface area contributed by atoms with E-state index in [4.69, 9.17) is 4.42 Å². The molecule has 54 heavy (non-hydrogen) atoms. The van der Waals surface area contributed by atoms with E-state index in [1.54, 1.807) is 0 Å². The molecule has 2 aliphatic rings. The summed E-state index contributed by atoms with van der Waals surface area (Å²) in [6.45, 7) is 0. The Balaban J connectivity index is 1.09. The maximum atomic E-state index is 6.71. The molecule has 3 heteroatoms. The number of furan rings is 1. The first kappa shape index (κ1) is 30.5. The maximum absolute atomic E-state index is 6.71. The third-order valence-electron chi connectivity index (χ3n) is 11.0. The van der Waals surface area contributed by atoms with E-state index in [9.17, 15) is 0 Å². The van der Waals surface area contributed by atoms with E-state index in [2.05, 4.69) is 204 Å². The van der Waals surface area contributed by atoms with Gasteiger partial charge < -0.3 is 14.3 Å². The molecular formula is C51H34N2O. The van der Waals surface area contributed by atoms with Crippen molar-refractivity contribution in [2.45, 2.75) is 6.04 Å². The van der Waals surface area contributed by atoms with Crippen LogP contribution in [0.25, 0.3) is 83.0 Å². The fourth-order valence-corrected chi connectivity index (χ4v) is 8.48. The molecule has 254 valence electrons. The summed E-state index contributed by atoms with van der Waals surface area (Å²) in [6, 6.07) is 58.8. The van der Waals surface area contributed by atoms with Crippen molar-refractivity contribution >= 4 is 55.0 Å². The molecule has 1 atom stereocenters. The Hall–Kier alpha value is -7.10. The first-order valence-electron chi connectivity index (χ1n) is 18.5. The number of rotatable bonds is 5. The number of fused-ring (bicyclic) bond motifs is 7. The van der Waals surface area contributed by atoms with Crippen LogP contribution in [0.2, 0.25) is 0 Å². The summed E-state index contributed by atoms with van der Waals surface area (Å²) in [5.74, 6) is 0. The minimum absolute atomic E-state index is 0.0883. The number of allylic oxidation sites excluding steroid dienone is 4. The zero-order valence-corrected chi connectivity index (χ0v) is 29.4. The molecule has 0 saturated carbocycles. The van der Waals surface area contributed by atoms with Crippen LogP contribution in [0, 0.1) is 0 Å². The predicted molar refractivity (Wildman–Crippen MR) is 225 cm³/mol. The maximum Gasteiger partial charge on any atom is 0.137 e. The van der Waals surface area contributed by atoms with Crippen LogP contribution in [0.5, 0.6) is 0 Å². The number of aromatic nitrogens is 1. The number of hydrogen-bond acceptors (Lipinski definition) is 2. The molecule has 1 N–H and O–H groups in total. The number of nitrogens with zero attached hydrogens (tertiary/aromatic N) is 1. The SMILES string of the molecule is C1=CC2=C(c3ccccc3)C=C(c3cccc4oc5cc(-n6c7ccc(-c8ccccc8)cc7c7cc(-c8ccccc8)ccc76)ccc5c34)NC2C=C1. The van der Waals surface area contributed by atoms with Crippen molar-refractivity contribution in [3.63, 3.8) is 0 Å². The molecule has 0 amide bonds. The summed E-state index contributed by atoms with van der Waals surface area (Å²) >= 11 is 0. The average molecular weight is 691 g/mol. The lowest BCUT2D eigenvalue weighted by Crippen LogP contribution is -2.31. The minimum atomic E-state index is 0.0883.